The van der Waals surface area contributed by atoms with Gasteiger partial charge >= 0.3 is 0 Å². The van der Waals surface area contributed by atoms with Gasteiger partial charge in [0.15, 0.2) is 0 Å². The summed E-state index contributed by atoms with van der Waals surface area (Å²) in [5.41, 5.74) is 6.46. The lowest BCUT2D eigenvalue weighted by atomic mass is 9.91. The maximum atomic E-state index is 12.1. The molecule has 1 aromatic carbocycles. The number of nitrogens with two attached hydrogens (primary N) is 1. The molecule has 5 heteroatoms. The SMILES string of the molecule is CC(C)C(=O)N1CC[C@H](N[C@H](C(N)=O)c2ccccc2)[C@H](C)C1. The number of likely N-dealkylation sites (tertiary alicyclic amines) is 1. The van der Waals surface area contributed by atoms with E-state index in [2.05, 4.69) is 12.2 Å². The lowest BCUT2D eigenvalue weighted by Crippen LogP contribution is -2.53. The molecule has 1 saturated heterocycles. The van der Waals surface area contributed by atoms with Crippen LogP contribution in [-0.4, -0.2) is 35.8 Å². The first kappa shape index (κ1) is 17.5. The average Bonchev–Trinajstić information content (AvgIpc) is 2.53. The Labute approximate surface area is 138 Å². The summed E-state index contributed by atoms with van der Waals surface area (Å²) in [6.45, 7) is 7.40. The highest BCUT2D eigenvalue weighted by atomic mass is 16.2. The number of nitrogens with one attached hydrogen (secondary N) is 1. The zero-order valence-corrected chi connectivity index (χ0v) is 14.2. The third kappa shape index (κ3) is 4.32. The van der Waals surface area contributed by atoms with Gasteiger partial charge in [0.2, 0.25) is 11.8 Å². The molecule has 3 N–H and O–H groups in total. The van der Waals surface area contributed by atoms with E-state index < -0.39 is 6.04 Å². The topological polar surface area (TPSA) is 75.4 Å². The molecule has 5 nitrogen and oxygen atoms in total. The predicted molar refractivity (Wildman–Crippen MR) is 90.5 cm³/mol. The van der Waals surface area contributed by atoms with Crippen molar-refractivity contribution in [3.63, 3.8) is 0 Å². The monoisotopic (exact) mass is 317 g/mol. The van der Waals surface area contributed by atoms with Crippen LogP contribution < -0.4 is 11.1 Å². The molecule has 2 rings (SSSR count). The standard InChI is InChI=1S/C18H27N3O2/c1-12(2)18(23)21-10-9-15(13(3)11-21)20-16(17(19)22)14-7-5-4-6-8-14/h4-8,12-13,15-16,20H,9-11H2,1-3H3,(H2,19,22)/t13-,15+,16+/m1/s1. The van der Waals surface area contributed by atoms with Crippen LogP contribution in [0.2, 0.25) is 0 Å². The Morgan fingerprint density at radius 2 is 1.91 bits per heavy atom. The third-order valence-electron chi connectivity index (χ3n) is 4.51. The van der Waals surface area contributed by atoms with Crippen molar-refractivity contribution in [1.82, 2.24) is 10.2 Å². The van der Waals surface area contributed by atoms with Crippen LogP contribution in [0, 0.1) is 11.8 Å². The molecule has 0 aliphatic carbocycles. The van der Waals surface area contributed by atoms with E-state index in [0.717, 1.165) is 25.1 Å². The van der Waals surface area contributed by atoms with Crippen LogP contribution in [0.4, 0.5) is 0 Å². The lowest BCUT2D eigenvalue weighted by molar-refractivity contribution is -0.136. The summed E-state index contributed by atoms with van der Waals surface area (Å²) in [5, 5.41) is 3.40. The third-order valence-corrected chi connectivity index (χ3v) is 4.51. The van der Waals surface area contributed by atoms with Gasteiger partial charge in [0.1, 0.15) is 6.04 Å². The van der Waals surface area contributed by atoms with Crippen LogP contribution >= 0.6 is 0 Å². The highest BCUT2D eigenvalue weighted by Crippen LogP contribution is 2.22. The van der Waals surface area contributed by atoms with Gasteiger partial charge in [-0.1, -0.05) is 51.1 Å². The number of benzene rings is 1. The molecule has 1 aliphatic heterocycles. The van der Waals surface area contributed by atoms with Crippen LogP contribution in [0.15, 0.2) is 30.3 Å². The maximum absolute atomic E-state index is 12.1. The minimum absolute atomic E-state index is 0.0226. The van der Waals surface area contributed by atoms with Gasteiger partial charge in [0, 0.05) is 25.0 Å². The second-order valence-electron chi connectivity index (χ2n) is 6.72. The summed E-state index contributed by atoms with van der Waals surface area (Å²) in [6, 6.07) is 9.22. The molecule has 1 aromatic rings. The predicted octanol–water partition coefficient (Wildman–Crippen LogP) is 1.70. The van der Waals surface area contributed by atoms with E-state index >= 15 is 0 Å². The molecule has 0 unspecified atom stereocenters. The number of nitrogens with zero attached hydrogens (tertiary/aromatic N) is 1. The molecule has 0 saturated carbocycles. The van der Waals surface area contributed by atoms with Crippen molar-refractivity contribution in [3.05, 3.63) is 35.9 Å². The minimum Gasteiger partial charge on any atom is -0.368 e. The van der Waals surface area contributed by atoms with Gasteiger partial charge in [0.25, 0.3) is 0 Å². The van der Waals surface area contributed by atoms with Crippen LogP contribution in [0.1, 0.15) is 38.8 Å². The lowest BCUT2D eigenvalue weighted by Gasteiger charge is -2.39. The van der Waals surface area contributed by atoms with Crippen LogP contribution in [0.25, 0.3) is 0 Å². The van der Waals surface area contributed by atoms with Crippen molar-refractivity contribution in [2.75, 3.05) is 13.1 Å². The van der Waals surface area contributed by atoms with E-state index in [-0.39, 0.29) is 29.7 Å². The smallest absolute Gasteiger partial charge is 0.239 e. The Bertz CT molecular complexity index is 544. The molecule has 0 bridgehead atoms. The van der Waals surface area contributed by atoms with Gasteiger partial charge in [-0.25, -0.2) is 0 Å². The highest BCUT2D eigenvalue weighted by Gasteiger charge is 2.32. The number of rotatable bonds is 5. The van der Waals surface area contributed by atoms with E-state index in [9.17, 15) is 9.59 Å². The van der Waals surface area contributed by atoms with Crippen LogP contribution in [0.3, 0.4) is 0 Å². The molecule has 3 atom stereocenters. The minimum atomic E-state index is -0.490. The van der Waals surface area contributed by atoms with Gasteiger partial charge in [0.05, 0.1) is 0 Å². The second-order valence-corrected chi connectivity index (χ2v) is 6.72. The summed E-state index contributed by atoms with van der Waals surface area (Å²) < 4.78 is 0. The molecule has 0 aromatic heterocycles. The quantitative estimate of drug-likeness (QED) is 0.868. The Hall–Kier alpha value is -1.88. The largest absolute Gasteiger partial charge is 0.368 e. The first-order valence-corrected chi connectivity index (χ1v) is 8.29. The van der Waals surface area contributed by atoms with Crippen molar-refractivity contribution in [3.8, 4) is 0 Å². The fraction of sp³-hybridized carbons (Fsp3) is 0.556. The molecule has 1 aliphatic rings. The van der Waals surface area contributed by atoms with Crippen molar-refractivity contribution >= 4 is 11.8 Å². The molecule has 2 amide bonds. The molecule has 0 radical (unpaired) electrons. The van der Waals surface area contributed by atoms with Gasteiger partial charge in [-0.3, -0.25) is 14.9 Å². The van der Waals surface area contributed by atoms with Crippen LogP contribution in [-0.2, 0) is 9.59 Å². The second kappa shape index (κ2) is 7.59. The summed E-state index contributed by atoms with van der Waals surface area (Å²) in [6.07, 6.45) is 0.830. The number of piperidine rings is 1. The van der Waals surface area contributed by atoms with Gasteiger partial charge in [-0.15, -0.1) is 0 Å². The summed E-state index contributed by atoms with van der Waals surface area (Å²) in [4.78, 5) is 25.9. The van der Waals surface area contributed by atoms with Crippen molar-refractivity contribution in [1.29, 1.82) is 0 Å². The molecule has 1 heterocycles. The van der Waals surface area contributed by atoms with Crippen LogP contribution in [0.5, 0.6) is 0 Å². The fourth-order valence-electron chi connectivity index (χ4n) is 3.16. The van der Waals surface area contributed by atoms with E-state index in [0.29, 0.717) is 0 Å². The Kier molecular flexibility index (Phi) is 5.77. The Morgan fingerprint density at radius 3 is 2.43 bits per heavy atom. The number of hydrogen-bond acceptors (Lipinski definition) is 3. The first-order valence-electron chi connectivity index (χ1n) is 8.29. The zero-order chi connectivity index (χ0) is 17.0. The van der Waals surface area contributed by atoms with Crippen molar-refractivity contribution < 1.29 is 9.59 Å². The summed E-state index contributed by atoms with van der Waals surface area (Å²) >= 11 is 0. The number of carbonyl (C=O) groups is 2. The molecule has 23 heavy (non-hydrogen) atoms. The fourth-order valence-corrected chi connectivity index (χ4v) is 3.16. The average molecular weight is 317 g/mol. The van der Waals surface area contributed by atoms with Gasteiger partial charge in [-0.05, 0) is 17.9 Å². The molecule has 126 valence electrons. The summed E-state index contributed by atoms with van der Waals surface area (Å²) in [7, 11) is 0. The summed E-state index contributed by atoms with van der Waals surface area (Å²) in [5.74, 6) is 0.125. The number of primary amides is 1. The van der Waals surface area contributed by atoms with E-state index in [1.807, 2.05) is 49.1 Å². The Morgan fingerprint density at radius 1 is 1.26 bits per heavy atom. The van der Waals surface area contributed by atoms with E-state index in [1.54, 1.807) is 0 Å². The first-order chi connectivity index (χ1) is 10.9. The normalized spacial score (nSPS) is 22.9. The number of amides is 2. The highest BCUT2D eigenvalue weighted by molar-refractivity contribution is 5.81. The van der Waals surface area contributed by atoms with Gasteiger partial charge in [-0.2, -0.15) is 0 Å². The Balaban J connectivity index is 2.02. The molecular weight excluding hydrogens is 290 g/mol. The molecular formula is C18H27N3O2. The molecule has 1 fully saturated rings. The maximum Gasteiger partial charge on any atom is 0.239 e. The van der Waals surface area contributed by atoms with E-state index in [4.69, 9.17) is 5.73 Å². The zero-order valence-electron chi connectivity index (χ0n) is 14.2. The van der Waals surface area contributed by atoms with Crippen molar-refractivity contribution in [2.24, 2.45) is 17.6 Å². The molecule has 0 spiro atoms. The van der Waals surface area contributed by atoms with E-state index in [1.165, 1.54) is 0 Å². The van der Waals surface area contributed by atoms with Crippen molar-refractivity contribution in [2.45, 2.75) is 39.3 Å². The number of hydrogen-bond donors (Lipinski definition) is 2. The van der Waals surface area contributed by atoms with Gasteiger partial charge < -0.3 is 10.6 Å². The number of carbonyl (C=O) groups excluding carboxylic acids is 2.